The van der Waals surface area contributed by atoms with Crippen molar-refractivity contribution in [1.82, 2.24) is 15.2 Å². The first-order chi connectivity index (χ1) is 9.16. The van der Waals surface area contributed by atoms with E-state index in [1.165, 1.54) is 5.56 Å². The molecule has 2 heterocycles. The predicted octanol–water partition coefficient (Wildman–Crippen LogP) is 1.82. The lowest BCUT2D eigenvalue weighted by atomic mass is 10.0. The van der Waals surface area contributed by atoms with Gasteiger partial charge in [-0.25, -0.2) is 0 Å². The fraction of sp³-hybridized carbons (Fsp3) is 0.600. The Kier molecular flexibility index (Phi) is 4.91. The van der Waals surface area contributed by atoms with Crippen LogP contribution in [0.1, 0.15) is 32.3 Å². The summed E-state index contributed by atoms with van der Waals surface area (Å²) in [7, 11) is 0. The van der Waals surface area contributed by atoms with Crippen molar-refractivity contribution in [3.05, 3.63) is 30.1 Å². The molecule has 0 unspecified atom stereocenters. The zero-order valence-corrected chi connectivity index (χ0v) is 11.8. The van der Waals surface area contributed by atoms with E-state index in [2.05, 4.69) is 16.4 Å². The van der Waals surface area contributed by atoms with E-state index in [1.807, 2.05) is 31.0 Å². The molecule has 4 heteroatoms. The molecular weight excluding hydrogens is 238 g/mol. The van der Waals surface area contributed by atoms with E-state index in [0.29, 0.717) is 6.04 Å². The Morgan fingerprint density at radius 2 is 2.21 bits per heavy atom. The maximum absolute atomic E-state index is 11.9. The molecule has 4 nitrogen and oxygen atoms in total. The third-order valence-electron chi connectivity index (χ3n) is 3.62. The summed E-state index contributed by atoms with van der Waals surface area (Å²) >= 11 is 0. The Balaban J connectivity index is 1.73. The van der Waals surface area contributed by atoms with Crippen LogP contribution in [-0.2, 0) is 11.3 Å². The molecule has 1 saturated heterocycles. The fourth-order valence-corrected chi connectivity index (χ4v) is 2.43. The molecule has 0 spiro atoms. The number of hydrogen-bond donors (Lipinski definition) is 1. The average Bonchev–Trinajstić information content (AvgIpc) is 2.46. The van der Waals surface area contributed by atoms with Crippen LogP contribution in [0.5, 0.6) is 0 Å². The summed E-state index contributed by atoms with van der Waals surface area (Å²) in [6, 6.07) is 4.55. The van der Waals surface area contributed by atoms with Gasteiger partial charge in [-0.3, -0.25) is 9.78 Å². The molecule has 0 atom stereocenters. The second kappa shape index (κ2) is 6.66. The van der Waals surface area contributed by atoms with Crippen LogP contribution >= 0.6 is 0 Å². The summed E-state index contributed by atoms with van der Waals surface area (Å²) in [6.45, 7) is 6.55. The van der Waals surface area contributed by atoms with Crippen molar-refractivity contribution in [3.8, 4) is 0 Å². The second-order valence-electron chi connectivity index (χ2n) is 5.50. The highest BCUT2D eigenvalue weighted by Gasteiger charge is 2.23. The topological polar surface area (TPSA) is 45.2 Å². The van der Waals surface area contributed by atoms with Crippen LogP contribution in [-0.4, -0.2) is 34.9 Å². The van der Waals surface area contributed by atoms with Gasteiger partial charge in [0.2, 0.25) is 5.91 Å². The monoisotopic (exact) mass is 261 g/mol. The van der Waals surface area contributed by atoms with Crippen molar-refractivity contribution in [2.75, 3.05) is 13.1 Å². The average molecular weight is 261 g/mol. The summed E-state index contributed by atoms with van der Waals surface area (Å²) in [4.78, 5) is 18.0. The van der Waals surface area contributed by atoms with E-state index in [9.17, 15) is 4.79 Å². The molecule has 1 amide bonds. The number of likely N-dealkylation sites (tertiary alicyclic amines) is 1. The van der Waals surface area contributed by atoms with Gasteiger partial charge in [0, 0.05) is 44.0 Å². The first-order valence-electron chi connectivity index (χ1n) is 7.08. The molecule has 1 N–H and O–H groups in total. The zero-order chi connectivity index (χ0) is 13.7. The van der Waals surface area contributed by atoms with Gasteiger partial charge < -0.3 is 10.2 Å². The van der Waals surface area contributed by atoms with Crippen LogP contribution in [0.4, 0.5) is 0 Å². The molecule has 104 valence electrons. The van der Waals surface area contributed by atoms with E-state index in [1.54, 1.807) is 6.20 Å². The standard InChI is InChI=1S/C15H23N3O/c1-12(2)15(19)18-8-5-14(6-9-18)17-11-13-4-3-7-16-10-13/h3-4,7,10,12,14,17H,5-6,8-9,11H2,1-2H3. The van der Waals surface area contributed by atoms with Gasteiger partial charge in [-0.2, -0.15) is 0 Å². The summed E-state index contributed by atoms with van der Waals surface area (Å²) in [5.41, 5.74) is 1.21. The Bertz CT molecular complexity index is 397. The van der Waals surface area contributed by atoms with E-state index in [4.69, 9.17) is 0 Å². The number of nitrogens with one attached hydrogen (secondary N) is 1. The highest BCUT2D eigenvalue weighted by molar-refractivity contribution is 5.78. The van der Waals surface area contributed by atoms with Gasteiger partial charge >= 0.3 is 0 Å². The maximum atomic E-state index is 11.9. The number of piperidine rings is 1. The normalized spacial score (nSPS) is 16.9. The van der Waals surface area contributed by atoms with Gasteiger partial charge in [0.05, 0.1) is 0 Å². The van der Waals surface area contributed by atoms with Gasteiger partial charge in [0.15, 0.2) is 0 Å². The molecule has 2 rings (SSSR count). The van der Waals surface area contributed by atoms with E-state index >= 15 is 0 Å². The first kappa shape index (κ1) is 14.0. The molecule has 1 aliphatic heterocycles. The minimum atomic E-state index is 0.111. The quantitative estimate of drug-likeness (QED) is 0.899. The Labute approximate surface area is 115 Å². The predicted molar refractivity (Wildman–Crippen MR) is 75.5 cm³/mol. The van der Waals surface area contributed by atoms with Crippen LogP contribution in [0.25, 0.3) is 0 Å². The molecule has 0 radical (unpaired) electrons. The maximum Gasteiger partial charge on any atom is 0.225 e. The number of amides is 1. The second-order valence-corrected chi connectivity index (χ2v) is 5.50. The molecule has 1 aromatic rings. The number of rotatable bonds is 4. The molecule has 1 aliphatic rings. The van der Waals surface area contributed by atoms with Gasteiger partial charge in [-0.05, 0) is 24.5 Å². The van der Waals surface area contributed by atoms with Crippen LogP contribution in [0, 0.1) is 5.92 Å². The smallest absolute Gasteiger partial charge is 0.225 e. The van der Waals surface area contributed by atoms with Crippen molar-refractivity contribution >= 4 is 5.91 Å². The highest BCUT2D eigenvalue weighted by Crippen LogP contribution is 2.13. The SMILES string of the molecule is CC(C)C(=O)N1CCC(NCc2cccnc2)CC1. The number of carbonyl (C=O) groups is 1. The van der Waals surface area contributed by atoms with Crippen molar-refractivity contribution in [1.29, 1.82) is 0 Å². The zero-order valence-electron chi connectivity index (χ0n) is 11.8. The number of hydrogen-bond acceptors (Lipinski definition) is 3. The van der Waals surface area contributed by atoms with Crippen molar-refractivity contribution in [2.24, 2.45) is 5.92 Å². The summed E-state index contributed by atoms with van der Waals surface area (Å²) in [5, 5.41) is 3.55. The highest BCUT2D eigenvalue weighted by atomic mass is 16.2. The Morgan fingerprint density at radius 1 is 1.47 bits per heavy atom. The summed E-state index contributed by atoms with van der Waals surface area (Å²) < 4.78 is 0. The van der Waals surface area contributed by atoms with Gasteiger partial charge in [-0.1, -0.05) is 19.9 Å². The number of nitrogens with zero attached hydrogens (tertiary/aromatic N) is 2. The van der Waals surface area contributed by atoms with Crippen LogP contribution in [0.15, 0.2) is 24.5 Å². The molecule has 0 aliphatic carbocycles. The first-order valence-corrected chi connectivity index (χ1v) is 7.08. The molecule has 0 bridgehead atoms. The van der Waals surface area contributed by atoms with Crippen LogP contribution in [0.2, 0.25) is 0 Å². The van der Waals surface area contributed by atoms with E-state index in [0.717, 1.165) is 32.5 Å². The van der Waals surface area contributed by atoms with Gasteiger partial charge in [-0.15, -0.1) is 0 Å². The number of aromatic nitrogens is 1. The molecule has 0 aromatic carbocycles. The third kappa shape index (κ3) is 4.03. The fourth-order valence-electron chi connectivity index (χ4n) is 2.43. The van der Waals surface area contributed by atoms with Crippen molar-refractivity contribution < 1.29 is 4.79 Å². The summed E-state index contributed by atoms with van der Waals surface area (Å²) in [6.07, 6.45) is 5.77. The van der Waals surface area contributed by atoms with Crippen LogP contribution < -0.4 is 5.32 Å². The molecule has 1 fully saturated rings. The van der Waals surface area contributed by atoms with Crippen LogP contribution in [0.3, 0.4) is 0 Å². The largest absolute Gasteiger partial charge is 0.342 e. The molecular formula is C15H23N3O. The van der Waals surface area contributed by atoms with Gasteiger partial charge in [0.1, 0.15) is 0 Å². The number of carbonyl (C=O) groups excluding carboxylic acids is 1. The minimum absolute atomic E-state index is 0.111. The molecule has 0 saturated carbocycles. The Morgan fingerprint density at radius 3 is 2.79 bits per heavy atom. The van der Waals surface area contributed by atoms with Crippen molar-refractivity contribution in [2.45, 2.75) is 39.3 Å². The summed E-state index contributed by atoms with van der Waals surface area (Å²) in [5.74, 6) is 0.394. The third-order valence-corrected chi connectivity index (χ3v) is 3.62. The Hall–Kier alpha value is -1.42. The lowest BCUT2D eigenvalue weighted by molar-refractivity contribution is -0.135. The molecule has 19 heavy (non-hydrogen) atoms. The minimum Gasteiger partial charge on any atom is -0.342 e. The lowest BCUT2D eigenvalue weighted by Crippen LogP contribution is -2.45. The molecule has 1 aromatic heterocycles. The van der Waals surface area contributed by atoms with Crippen molar-refractivity contribution in [3.63, 3.8) is 0 Å². The number of pyridine rings is 1. The van der Waals surface area contributed by atoms with E-state index < -0.39 is 0 Å². The lowest BCUT2D eigenvalue weighted by Gasteiger charge is -2.33. The van der Waals surface area contributed by atoms with Gasteiger partial charge in [0.25, 0.3) is 0 Å². The van der Waals surface area contributed by atoms with E-state index in [-0.39, 0.29) is 11.8 Å².